The van der Waals surface area contributed by atoms with Crippen molar-refractivity contribution < 1.29 is 0 Å². The fraction of sp³-hybridized carbons (Fsp3) is 0.333. The average Bonchev–Trinajstić information content (AvgIpc) is 2.69. The zero-order valence-corrected chi connectivity index (χ0v) is 15.6. The molecule has 0 unspecified atom stereocenters. The van der Waals surface area contributed by atoms with E-state index in [9.17, 15) is 0 Å². The summed E-state index contributed by atoms with van der Waals surface area (Å²) in [4.78, 5) is 0. The summed E-state index contributed by atoms with van der Waals surface area (Å²) >= 11 is 0. The first-order chi connectivity index (χ1) is 10.1. The van der Waals surface area contributed by atoms with Gasteiger partial charge in [0.1, 0.15) is 15.7 Å². The van der Waals surface area contributed by atoms with E-state index in [2.05, 4.69) is 89.3 Å². The Bertz CT molecular complexity index is 813. The summed E-state index contributed by atoms with van der Waals surface area (Å²) < 4.78 is 2.89. The van der Waals surface area contributed by atoms with E-state index < -0.39 is 10.2 Å². The predicted molar refractivity (Wildman–Crippen MR) is 110 cm³/mol. The lowest BCUT2D eigenvalue weighted by Crippen LogP contribution is -2.28. The largest absolute Gasteiger partial charge is 0.302 e. The van der Waals surface area contributed by atoms with Crippen LogP contribution in [0.5, 0.6) is 0 Å². The molecule has 114 valence electrons. The second kappa shape index (κ2) is 4.86. The second-order valence-corrected chi connectivity index (χ2v) is 11.9. The molecule has 0 spiro atoms. The molecule has 22 heavy (non-hydrogen) atoms. The first kappa shape index (κ1) is 15.6. The number of nitrogens with zero attached hydrogens (tertiary/aromatic N) is 1. The number of aromatic nitrogens is 1. The minimum absolute atomic E-state index is 0.249. The van der Waals surface area contributed by atoms with Gasteiger partial charge in [0.2, 0.25) is 0 Å². The van der Waals surface area contributed by atoms with Crippen LogP contribution in [0.25, 0.3) is 21.8 Å². The molecule has 0 saturated heterocycles. The molecule has 0 aliphatic heterocycles. The zero-order chi connectivity index (χ0) is 16.3. The highest BCUT2D eigenvalue weighted by atomic mass is 32.3. The van der Waals surface area contributed by atoms with Crippen LogP contribution in [0.15, 0.2) is 36.4 Å². The highest BCUT2D eigenvalue weighted by molar-refractivity contribution is 8.32. The molecule has 0 fully saturated rings. The normalized spacial score (nSPS) is 13.9. The quantitative estimate of drug-likeness (QED) is 0.606. The molecular weight excluding hydrogens is 284 g/mol. The number of hydrogen-bond donors (Lipinski definition) is 0. The van der Waals surface area contributed by atoms with Gasteiger partial charge in [-0.3, -0.25) is 0 Å². The Morgan fingerprint density at radius 3 is 1.59 bits per heavy atom. The third-order valence-electron chi connectivity index (χ3n) is 4.99. The maximum atomic E-state index is 2.64. The van der Waals surface area contributed by atoms with E-state index in [1.165, 1.54) is 32.7 Å². The highest BCUT2D eigenvalue weighted by Gasteiger charge is 2.32. The van der Waals surface area contributed by atoms with E-state index >= 15 is 0 Å². The first-order valence-corrected chi connectivity index (χ1v) is 10.3. The number of hydrogen-bond acceptors (Lipinski definition) is 0. The van der Waals surface area contributed by atoms with Gasteiger partial charge in [-0.2, -0.15) is 10.2 Å². The second-order valence-electron chi connectivity index (χ2n) is 7.72. The van der Waals surface area contributed by atoms with Crippen LogP contribution in [0.1, 0.15) is 20.8 Å². The Hall–Kier alpha value is -1.28. The minimum atomic E-state index is -1.00. The number of fused-ring (bicyclic) bond motifs is 3. The smallest absolute Gasteiger partial charge is 0.139 e. The van der Waals surface area contributed by atoms with E-state index in [0.717, 1.165) is 0 Å². The van der Waals surface area contributed by atoms with Crippen molar-refractivity contribution in [1.82, 2.24) is 3.97 Å². The Labute approximate surface area is 137 Å². The Kier molecular flexibility index (Phi) is 3.45. The SMILES string of the molecule is Bc1ccc2c3ccc(B)cc3n(S(C)(C)C(C)(C)C)c2c1. The Balaban J connectivity index is 2.54. The van der Waals surface area contributed by atoms with E-state index in [1.807, 2.05) is 0 Å². The van der Waals surface area contributed by atoms with Gasteiger partial charge in [-0.25, -0.2) is 0 Å². The van der Waals surface area contributed by atoms with Crippen LogP contribution in [0.2, 0.25) is 0 Å². The van der Waals surface area contributed by atoms with E-state index in [1.54, 1.807) is 0 Å². The van der Waals surface area contributed by atoms with Gasteiger partial charge >= 0.3 is 0 Å². The fourth-order valence-electron chi connectivity index (χ4n) is 2.97. The van der Waals surface area contributed by atoms with Gasteiger partial charge in [0.05, 0.1) is 11.0 Å². The van der Waals surface area contributed by atoms with E-state index in [0.29, 0.717) is 0 Å². The molecule has 0 saturated carbocycles. The van der Waals surface area contributed by atoms with Crippen molar-refractivity contribution in [2.24, 2.45) is 0 Å². The third kappa shape index (κ3) is 2.20. The average molecular weight is 309 g/mol. The van der Waals surface area contributed by atoms with Crippen molar-refractivity contribution in [2.45, 2.75) is 25.5 Å². The van der Waals surface area contributed by atoms with Gasteiger partial charge in [-0.1, -0.05) is 56.0 Å². The van der Waals surface area contributed by atoms with Crippen LogP contribution >= 0.6 is 10.2 Å². The molecular formula is C18H25B2NS. The first-order valence-electron chi connectivity index (χ1n) is 7.88. The van der Waals surface area contributed by atoms with Gasteiger partial charge in [-0.15, -0.1) is 0 Å². The number of rotatable bonds is 1. The maximum absolute atomic E-state index is 2.64. The molecule has 0 N–H and O–H groups in total. The third-order valence-corrected chi connectivity index (χ3v) is 9.29. The molecule has 0 aliphatic rings. The van der Waals surface area contributed by atoms with Crippen molar-refractivity contribution in [2.75, 3.05) is 12.5 Å². The molecule has 3 aromatic rings. The van der Waals surface area contributed by atoms with Crippen molar-refractivity contribution in [1.29, 1.82) is 0 Å². The van der Waals surface area contributed by atoms with Crippen LogP contribution in [0, 0.1) is 0 Å². The van der Waals surface area contributed by atoms with Crippen LogP contribution in [-0.2, 0) is 0 Å². The molecule has 0 amide bonds. The van der Waals surface area contributed by atoms with Gasteiger partial charge in [-0.05, 0) is 24.6 Å². The van der Waals surface area contributed by atoms with Crippen molar-refractivity contribution in [3.05, 3.63) is 36.4 Å². The summed E-state index contributed by atoms with van der Waals surface area (Å²) in [7, 11) is 3.37. The lowest BCUT2D eigenvalue weighted by Gasteiger charge is -2.46. The molecule has 1 aromatic heterocycles. The molecule has 1 heterocycles. The molecule has 0 bridgehead atoms. The van der Waals surface area contributed by atoms with Gasteiger partial charge in [0.25, 0.3) is 0 Å². The van der Waals surface area contributed by atoms with Crippen LogP contribution in [-0.4, -0.2) is 36.9 Å². The summed E-state index contributed by atoms with van der Waals surface area (Å²) in [6, 6.07) is 13.7. The van der Waals surface area contributed by atoms with E-state index in [-0.39, 0.29) is 4.75 Å². The van der Waals surface area contributed by atoms with Crippen molar-refractivity contribution in [3.63, 3.8) is 0 Å². The van der Waals surface area contributed by atoms with Gasteiger partial charge in [0.15, 0.2) is 0 Å². The number of benzene rings is 2. The zero-order valence-electron chi connectivity index (χ0n) is 14.8. The lowest BCUT2D eigenvalue weighted by molar-refractivity contribution is 0.782. The minimum Gasteiger partial charge on any atom is -0.302 e. The standard InChI is InChI=1S/C18H25B2NS/c1-18(2,3)22(4,5)21-16-10-12(19)6-8-14(16)15-9-7-13(20)11-17(15)21/h6-11H,19-20H2,1-5H3. The summed E-state index contributed by atoms with van der Waals surface area (Å²) in [5.41, 5.74) is 5.43. The molecule has 0 atom stereocenters. The molecule has 0 radical (unpaired) electrons. The summed E-state index contributed by atoms with van der Waals surface area (Å²) in [5, 5.41) is 2.76. The monoisotopic (exact) mass is 309 g/mol. The van der Waals surface area contributed by atoms with Gasteiger partial charge in [0, 0.05) is 15.5 Å². The van der Waals surface area contributed by atoms with Crippen molar-refractivity contribution in [3.8, 4) is 0 Å². The summed E-state index contributed by atoms with van der Waals surface area (Å²) in [6.07, 6.45) is 4.88. The van der Waals surface area contributed by atoms with Crippen molar-refractivity contribution >= 4 is 58.6 Å². The van der Waals surface area contributed by atoms with Crippen LogP contribution < -0.4 is 10.9 Å². The maximum Gasteiger partial charge on any atom is 0.139 e. The molecule has 0 aliphatic carbocycles. The Morgan fingerprint density at radius 2 is 1.23 bits per heavy atom. The highest BCUT2D eigenvalue weighted by Crippen LogP contribution is 2.57. The topological polar surface area (TPSA) is 4.93 Å². The molecule has 2 aromatic carbocycles. The van der Waals surface area contributed by atoms with Crippen LogP contribution in [0.4, 0.5) is 0 Å². The summed E-state index contributed by atoms with van der Waals surface area (Å²) in [5.74, 6) is 0. The summed E-state index contributed by atoms with van der Waals surface area (Å²) in [6.45, 7) is 7.10. The fourth-order valence-corrected chi connectivity index (χ4v) is 4.80. The predicted octanol–water partition coefficient (Wildman–Crippen LogP) is 1.94. The Morgan fingerprint density at radius 1 is 0.818 bits per heavy atom. The van der Waals surface area contributed by atoms with Crippen LogP contribution in [0.3, 0.4) is 0 Å². The molecule has 1 nitrogen and oxygen atoms in total. The molecule has 4 heteroatoms. The lowest BCUT2D eigenvalue weighted by atomic mass is 9.94. The van der Waals surface area contributed by atoms with E-state index in [4.69, 9.17) is 0 Å². The molecule has 3 rings (SSSR count). The van der Waals surface area contributed by atoms with Gasteiger partial charge < -0.3 is 3.97 Å².